The normalized spacial score (nSPS) is 15.7. The molecule has 0 saturated carbocycles. The number of carboxylic acid groups (broad SMARTS) is 1. The van der Waals surface area contributed by atoms with Crippen LogP contribution in [0.4, 0.5) is 5.69 Å². The smallest absolute Gasteiger partial charge is 0.329 e. The highest BCUT2D eigenvalue weighted by molar-refractivity contribution is 7.85. The Bertz CT molecular complexity index is 2720. The van der Waals surface area contributed by atoms with Gasteiger partial charge in [-0.25, -0.2) is 9.37 Å². The first-order valence-corrected chi connectivity index (χ1v) is 25.1. The Morgan fingerprint density at radius 3 is 2.47 bits per heavy atom. The van der Waals surface area contributed by atoms with E-state index in [1.807, 2.05) is 36.4 Å². The molecule has 0 bridgehead atoms. The number of ether oxygens (including phenoxy) is 3. The number of azide groups is 1. The summed E-state index contributed by atoms with van der Waals surface area (Å²) in [5, 5.41) is 19.0. The number of hydrogen-bond donors (Lipinski definition) is 4. The number of nitrogens with zero attached hydrogens (tertiary/aromatic N) is 5. The summed E-state index contributed by atoms with van der Waals surface area (Å²) in [6, 6.07) is 22.8. The third kappa shape index (κ3) is 15.5. The first kappa shape index (κ1) is 54.4. The minimum Gasteiger partial charge on any atom is -0.491 e. The van der Waals surface area contributed by atoms with Crippen molar-refractivity contribution in [2.24, 2.45) is 5.11 Å². The van der Waals surface area contributed by atoms with Gasteiger partial charge in [0.2, 0.25) is 11.3 Å². The molecule has 2 unspecified atom stereocenters. The first-order valence-electron chi connectivity index (χ1n) is 23.5. The Balaban J connectivity index is 1.24. The molecule has 2 amide bonds. The van der Waals surface area contributed by atoms with Gasteiger partial charge >= 0.3 is 5.97 Å². The van der Waals surface area contributed by atoms with Crippen molar-refractivity contribution in [3.63, 3.8) is 0 Å². The minimum atomic E-state index is -4.18. The number of hydrogen-bond acceptors (Lipinski definition) is 11. The van der Waals surface area contributed by atoms with E-state index in [0.717, 1.165) is 52.3 Å². The average molecular weight is 985 g/mol. The van der Waals surface area contributed by atoms with Gasteiger partial charge in [0.05, 0.1) is 25.0 Å². The second-order valence-electron chi connectivity index (χ2n) is 18.0. The van der Waals surface area contributed by atoms with Crippen LogP contribution in [0.5, 0.6) is 5.75 Å². The third-order valence-corrected chi connectivity index (χ3v) is 12.7. The Kier molecular flexibility index (Phi) is 19.7. The molecule has 2 aromatic rings. The summed E-state index contributed by atoms with van der Waals surface area (Å²) < 4.78 is 58.0. The highest BCUT2D eigenvalue weighted by Gasteiger charge is 2.42. The van der Waals surface area contributed by atoms with Gasteiger partial charge in [-0.1, -0.05) is 56.2 Å². The number of para-hydroxylation sites is 1. The van der Waals surface area contributed by atoms with Gasteiger partial charge in [0.1, 0.15) is 43.6 Å². The maximum atomic E-state index is 13.2. The summed E-state index contributed by atoms with van der Waals surface area (Å²) in [6.45, 7) is 14.6. The van der Waals surface area contributed by atoms with Crippen LogP contribution in [0.2, 0.25) is 0 Å². The Morgan fingerprint density at radius 1 is 1.00 bits per heavy atom. The number of allylic oxidation sites excluding steroid dienone is 3. The molecule has 5 rings (SSSR count). The van der Waals surface area contributed by atoms with E-state index in [0.29, 0.717) is 36.5 Å². The monoisotopic (exact) mass is 984 g/mol. The number of nitrogens with one attached hydrogen (secondary N) is 2. The van der Waals surface area contributed by atoms with E-state index in [4.69, 9.17) is 29.3 Å². The summed E-state index contributed by atoms with van der Waals surface area (Å²) in [5.41, 5.74) is 13.5. The molecular formula is C51H66N7O11S+. The average Bonchev–Trinajstić information content (AvgIpc) is 3.54. The number of fused-ring (bicyclic) bond motifs is 2. The van der Waals surface area contributed by atoms with Gasteiger partial charge in [-0.15, -0.1) is 0 Å². The van der Waals surface area contributed by atoms with Gasteiger partial charge in [0.25, 0.3) is 16.0 Å². The van der Waals surface area contributed by atoms with E-state index >= 15 is 0 Å². The van der Waals surface area contributed by atoms with Crippen molar-refractivity contribution in [1.29, 1.82) is 0 Å². The third-order valence-electron chi connectivity index (χ3n) is 11.9. The maximum absolute atomic E-state index is 13.2. The zero-order valence-corrected chi connectivity index (χ0v) is 41.7. The van der Waals surface area contributed by atoms with Gasteiger partial charge in [-0.2, -0.15) is 8.42 Å². The summed E-state index contributed by atoms with van der Waals surface area (Å²) in [7, 11) is -4.18. The molecule has 0 radical (unpaired) electrons. The van der Waals surface area contributed by atoms with E-state index in [2.05, 4.69) is 102 Å². The van der Waals surface area contributed by atoms with E-state index in [-0.39, 0.29) is 62.8 Å². The van der Waals surface area contributed by atoms with Gasteiger partial charge < -0.3 is 39.3 Å². The number of anilines is 1. The van der Waals surface area contributed by atoms with Crippen LogP contribution in [0.1, 0.15) is 94.5 Å². The van der Waals surface area contributed by atoms with Crippen molar-refractivity contribution in [2.75, 3.05) is 69.8 Å². The molecule has 4 N–H and O–H groups in total. The van der Waals surface area contributed by atoms with Crippen LogP contribution in [0.3, 0.4) is 0 Å². The van der Waals surface area contributed by atoms with E-state index in [9.17, 15) is 27.4 Å². The molecule has 18 nitrogen and oxygen atoms in total. The summed E-state index contributed by atoms with van der Waals surface area (Å²) in [5.74, 6) is -0.304. The fourth-order valence-electron chi connectivity index (χ4n) is 8.48. The molecule has 1 aliphatic carbocycles. The predicted molar refractivity (Wildman–Crippen MR) is 268 cm³/mol. The Morgan fingerprint density at radius 2 is 1.76 bits per heavy atom. The van der Waals surface area contributed by atoms with Crippen molar-refractivity contribution >= 4 is 39.7 Å². The zero-order valence-electron chi connectivity index (χ0n) is 40.9. The Hall–Kier alpha value is -6.50. The highest BCUT2D eigenvalue weighted by atomic mass is 32.2. The lowest BCUT2D eigenvalue weighted by atomic mass is 9.77. The Labute approximate surface area is 409 Å². The number of carbonyl (C=O) groups excluding carboxylic acids is 2. The van der Waals surface area contributed by atoms with Crippen LogP contribution in [0.25, 0.3) is 27.8 Å². The van der Waals surface area contributed by atoms with E-state index in [1.54, 1.807) is 18.2 Å². The molecule has 2 atom stereocenters. The molecule has 19 heteroatoms. The first-order chi connectivity index (χ1) is 33.4. The standard InChI is InChI=1S/C51H65N7O11S/c1-7-57(8-2)37-22-23-40-42(50(3,4)5)33-39(69-44(40)32-37)17-12-20-45-51(6,41-18-9-10-19-43(41)58(45)27-14-30-70(63,64)65)24-13-21-46(59)53-25-26-54-49(62)36-15-11-16-38(31-36)68-34-47(55-56-52)67-29-28-66-35-48(60)61/h9-12,15-20,22-23,31-33,47H,7-8,13-14,21,24-30,34-35H2,1-6H3,(H3-,53,54,59,60,61,62,63,64,65)/p+1. The van der Waals surface area contributed by atoms with Crippen LogP contribution < -0.4 is 30.2 Å². The number of benzene rings is 3. The van der Waals surface area contributed by atoms with Crippen molar-refractivity contribution in [3.05, 3.63) is 129 Å². The fraction of sp³-hybridized carbons (Fsp3) is 0.451. The molecule has 3 aliphatic rings. The summed E-state index contributed by atoms with van der Waals surface area (Å²) >= 11 is 0. The number of amides is 2. The summed E-state index contributed by atoms with van der Waals surface area (Å²) in [6.07, 6.45) is 6.41. The highest BCUT2D eigenvalue weighted by Crippen LogP contribution is 2.50. The molecule has 0 aromatic heterocycles. The van der Waals surface area contributed by atoms with Gasteiger partial charge in [0.15, 0.2) is 6.23 Å². The number of carbonyl (C=O) groups is 3. The topological polar surface area (TPSA) is 246 Å². The molecule has 0 saturated heterocycles. The largest absolute Gasteiger partial charge is 0.491 e. The molecule has 2 heterocycles. The molecule has 2 aliphatic heterocycles. The maximum Gasteiger partial charge on any atom is 0.329 e. The fourth-order valence-corrected chi connectivity index (χ4v) is 8.97. The minimum absolute atomic E-state index is 0.0288. The zero-order chi connectivity index (χ0) is 50.9. The van der Waals surface area contributed by atoms with Gasteiger partial charge in [-0.05, 0) is 111 Å². The van der Waals surface area contributed by atoms with Crippen molar-refractivity contribution in [2.45, 2.75) is 84.3 Å². The second kappa shape index (κ2) is 25.4. The van der Waals surface area contributed by atoms with Gasteiger partial charge in [-0.3, -0.25) is 14.1 Å². The lowest BCUT2D eigenvalue weighted by Gasteiger charge is -2.30. The molecule has 0 fully saturated rings. The van der Waals surface area contributed by atoms with Crippen molar-refractivity contribution in [1.82, 2.24) is 15.2 Å². The molecule has 0 spiro atoms. The number of aliphatic carboxylic acids is 1. The van der Waals surface area contributed by atoms with Crippen LogP contribution in [-0.2, 0) is 40.0 Å². The van der Waals surface area contributed by atoms with E-state index in [1.165, 1.54) is 6.07 Å². The van der Waals surface area contributed by atoms with E-state index < -0.39 is 40.2 Å². The number of carboxylic acids is 1. The molecule has 2 aromatic carbocycles. The second-order valence-corrected chi connectivity index (χ2v) is 19.6. The lowest BCUT2D eigenvalue weighted by Crippen LogP contribution is -2.35. The van der Waals surface area contributed by atoms with Crippen LogP contribution in [-0.4, -0.2) is 107 Å². The van der Waals surface area contributed by atoms with Crippen LogP contribution >= 0.6 is 0 Å². The SMILES string of the molecule is CC[N+](CC)=c1ccc2c(C(C)(C)C)cc(/C=C/C=C3/N(CCCS(=O)(=O)O)c4ccccc4C3(C)CCCC(=O)NCCNC(=O)c3cccc(OCC(N=[N+]=[N-])OCCOCC(=O)O)c3)oc-2c1. The quantitative estimate of drug-likeness (QED) is 0.0121. The lowest BCUT2D eigenvalue weighted by molar-refractivity contribution is -0.143. The molecule has 376 valence electrons. The molecule has 70 heavy (non-hydrogen) atoms. The summed E-state index contributed by atoms with van der Waals surface area (Å²) in [4.78, 5) is 41.6. The molecular weight excluding hydrogens is 919 g/mol. The van der Waals surface area contributed by atoms with Crippen LogP contribution in [0.15, 0.2) is 100 Å². The predicted octanol–water partition coefficient (Wildman–Crippen LogP) is 7.30. The van der Waals surface area contributed by atoms with Gasteiger partial charge in [0, 0.05) is 65.0 Å². The number of rotatable bonds is 26. The van der Waals surface area contributed by atoms with Crippen molar-refractivity contribution in [3.8, 4) is 17.1 Å². The van der Waals surface area contributed by atoms with Crippen molar-refractivity contribution < 1.29 is 51.1 Å². The van der Waals surface area contributed by atoms with Crippen LogP contribution in [0, 0.1) is 0 Å².